The van der Waals surface area contributed by atoms with Crippen molar-refractivity contribution in [2.45, 2.75) is 33.6 Å². The van der Waals surface area contributed by atoms with E-state index in [1.807, 2.05) is 6.07 Å². The minimum atomic E-state index is 0.288. The minimum absolute atomic E-state index is 0.288. The third-order valence-corrected chi connectivity index (χ3v) is 2.57. The van der Waals surface area contributed by atoms with Crippen molar-refractivity contribution < 1.29 is 9.57 Å². The van der Waals surface area contributed by atoms with Crippen LogP contribution in [0.3, 0.4) is 0 Å². The SMILES string of the molecule is COc1ccc(CC(C)(C)C)cc1CCON. The van der Waals surface area contributed by atoms with Gasteiger partial charge in [0.05, 0.1) is 13.7 Å². The van der Waals surface area contributed by atoms with Gasteiger partial charge in [0, 0.05) is 6.42 Å². The van der Waals surface area contributed by atoms with Crippen molar-refractivity contribution in [3.8, 4) is 5.75 Å². The Labute approximate surface area is 104 Å². The third kappa shape index (κ3) is 4.75. The van der Waals surface area contributed by atoms with E-state index in [-0.39, 0.29) is 5.41 Å². The van der Waals surface area contributed by atoms with Crippen LogP contribution in [-0.4, -0.2) is 13.7 Å². The largest absolute Gasteiger partial charge is 0.496 e. The molecule has 1 rings (SSSR count). The highest BCUT2D eigenvalue weighted by Crippen LogP contribution is 2.25. The molecule has 0 spiro atoms. The molecule has 0 aliphatic heterocycles. The van der Waals surface area contributed by atoms with Crippen molar-refractivity contribution in [1.82, 2.24) is 0 Å². The average molecular weight is 237 g/mol. The normalized spacial score (nSPS) is 11.6. The van der Waals surface area contributed by atoms with Crippen molar-refractivity contribution in [3.63, 3.8) is 0 Å². The van der Waals surface area contributed by atoms with E-state index >= 15 is 0 Å². The van der Waals surface area contributed by atoms with E-state index in [1.165, 1.54) is 5.56 Å². The van der Waals surface area contributed by atoms with Gasteiger partial charge >= 0.3 is 0 Å². The number of rotatable bonds is 5. The molecule has 0 bridgehead atoms. The average Bonchev–Trinajstić information content (AvgIpc) is 2.24. The van der Waals surface area contributed by atoms with E-state index in [9.17, 15) is 0 Å². The lowest BCUT2D eigenvalue weighted by Crippen LogP contribution is -2.10. The van der Waals surface area contributed by atoms with Crippen LogP contribution in [0.25, 0.3) is 0 Å². The van der Waals surface area contributed by atoms with Crippen LogP contribution in [0.15, 0.2) is 18.2 Å². The summed E-state index contributed by atoms with van der Waals surface area (Å²) in [4.78, 5) is 4.63. The Hall–Kier alpha value is -1.06. The molecule has 0 aliphatic carbocycles. The van der Waals surface area contributed by atoms with Gasteiger partial charge in [0.15, 0.2) is 0 Å². The van der Waals surface area contributed by atoms with Gasteiger partial charge in [-0.2, -0.15) is 0 Å². The zero-order valence-corrected chi connectivity index (χ0v) is 11.2. The molecule has 0 aromatic heterocycles. The standard InChI is InChI=1S/C14H23NO2/c1-14(2,3)10-11-5-6-13(16-4)12(9-11)7-8-17-15/h5-6,9H,7-8,10,15H2,1-4H3. The topological polar surface area (TPSA) is 44.5 Å². The first-order chi connectivity index (χ1) is 7.96. The fourth-order valence-electron chi connectivity index (χ4n) is 1.92. The molecule has 0 amide bonds. The monoisotopic (exact) mass is 237 g/mol. The van der Waals surface area contributed by atoms with Crippen molar-refractivity contribution in [2.75, 3.05) is 13.7 Å². The van der Waals surface area contributed by atoms with Crippen molar-refractivity contribution in [3.05, 3.63) is 29.3 Å². The highest BCUT2D eigenvalue weighted by Gasteiger charge is 2.13. The van der Waals surface area contributed by atoms with Crippen LogP contribution in [0.2, 0.25) is 0 Å². The Morgan fingerprint density at radius 1 is 1.24 bits per heavy atom. The van der Waals surface area contributed by atoms with Crippen LogP contribution >= 0.6 is 0 Å². The first-order valence-electron chi connectivity index (χ1n) is 5.94. The van der Waals surface area contributed by atoms with E-state index in [2.05, 4.69) is 37.7 Å². The number of hydrogen-bond donors (Lipinski definition) is 1. The molecule has 0 aliphatic rings. The quantitative estimate of drug-likeness (QED) is 0.801. The smallest absolute Gasteiger partial charge is 0.122 e. The zero-order valence-electron chi connectivity index (χ0n) is 11.2. The highest BCUT2D eigenvalue weighted by molar-refractivity contribution is 5.37. The van der Waals surface area contributed by atoms with Gasteiger partial charge < -0.3 is 9.57 Å². The van der Waals surface area contributed by atoms with Gasteiger partial charge in [-0.15, -0.1) is 0 Å². The molecule has 1 aromatic rings. The molecule has 17 heavy (non-hydrogen) atoms. The molecular weight excluding hydrogens is 214 g/mol. The summed E-state index contributed by atoms with van der Waals surface area (Å²) in [6.45, 7) is 7.22. The van der Waals surface area contributed by atoms with Crippen LogP contribution in [-0.2, 0) is 17.7 Å². The van der Waals surface area contributed by atoms with Gasteiger partial charge in [0.1, 0.15) is 5.75 Å². The molecule has 96 valence electrons. The first-order valence-corrected chi connectivity index (χ1v) is 5.94. The van der Waals surface area contributed by atoms with Crippen LogP contribution < -0.4 is 10.6 Å². The van der Waals surface area contributed by atoms with Crippen molar-refractivity contribution in [2.24, 2.45) is 11.3 Å². The lowest BCUT2D eigenvalue weighted by atomic mass is 9.87. The van der Waals surface area contributed by atoms with E-state index in [0.717, 1.165) is 24.2 Å². The zero-order chi connectivity index (χ0) is 12.9. The van der Waals surface area contributed by atoms with E-state index in [1.54, 1.807) is 7.11 Å². The maximum Gasteiger partial charge on any atom is 0.122 e. The number of ether oxygens (including phenoxy) is 1. The second-order valence-electron chi connectivity index (χ2n) is 5.50. The summed E-state index contributed by atoms with van der Waals surface area (Å²) < 4.78 is 5.33. The van der Waals surface area contributed by atoms with Crippen molar-refractivity contribution in [1.29, 1.82) is 0 Å². The molecule has 2 N–H and O–H groups in total. The molecule has 3 nitrogen and oxygen atoms in total. The van der Waals surface area contributed by atoms with Crippen LogP contribution in [0, 0.1) is 5.41 Å². The lowest BCUT2D eigenvalue weighted by Gasteiger charge is -2.19. The molecule has 0 radical (unpaired) electrons. The second kappa shape index (κ2) is 6.03. The Balaban J connectivity index is 2.88. The molecule has 0 saturated carbocycles. The summed E-state index contributed by atoms with van der Waals surface area (Å²) in [5.41, 5.74) is 2.76. The maximum absolute atomic E-state index is 5.33. The molecular formula is C14H23NO2. The highest BCUT2D eigenvalue weighted by atomic mass is 16.6. The number of hydrogen-bond acceptors (Lipinski definition) is 3. The molecule has 3 heteroatoms. The summed E-state index contributed by atoms with van der Waals surface area (Å²) in [5, 5.41) is 0. The number of methoxy groups -OCH3 is 1. The van der Waals surface area contributed by atoms with Crippen LogP contribution in [0.5, 0.6) is 5.75 Å². The molecule has 0 fully saturated rings. The van der Waals surface area contributed by atoms with Gasteiger partial charge in [-0.1, -0.05) is 32.9 Å². The Morgan fingerprint density at radius 2 is 1.94 bits per heavy atom. The fourth-order valence-corrected chi connectivity index (χ4v) is 1.92. The molecule has 0 saturated heterocycles. The minimum Gasteiger partial charge on any atom is -0.496 e. The predicted molar refractivity (Wildman–Crippen MR) is 70.0 cm³/mol. The Morgan fingerprint density at radius 3 is 2.47 bits per heavy atom. The van der Waals surface area contributed by atoms with Crippen molar-refractivity contribution >= 4 is 0 Å². The summed E-state index contributed by atoms with van der Waals surface area (Å²) in [7, 11) is 1.69. The Bertz CT molecular complexity index is 356. The lowest BCUT2D eigenvalue weighted by molar-refractivity contribution is 0.140. The van der Waals surface area contributed by atoms with E-state index in [0.29, 0.717) is 6.61 Å². The van der Waals surface area contributed by atoms with Crippen LogP contribution in [0.1, 0.15) is 31.9 Å². The third-order valence-electron chi connectivity index (χ3n) is 2.57. The summed E-state index contributed by atoms with van der Waals surface area (Å²) in [5.74, 6) is 5.97. The fraction of sp³-hybridized carbons (Fsp3) is 0.571. The number of nitrogens with two attached hydrogens (primary N) is 1. The maximum atomic E-state index is 5.33. The molecule has 0 heterocycles. The summed E-state index contributed by atoms with van der Waals surface area (Å²) in [6, 6.07) is 6.33. The molecule has 1 aromatic carbocycles. The van der Waals surface area contributed by atoms with Crippen LogP contribution in [0.4, 0.5) is 0 Å². The summed E-state index contributed by atoms with van der Waals surface area (Å²) in [6.07, 6.45) is 1.82. The van der Waals surface area contributed by atoms with Gasteiger partial charge in [-0.05, 0) is 29.0 Å². The molecule has 0 atom stereocenters. The van der Waals surface area contributed by atoms with E-state index in [4.69, 9.17) is 10.6 Å². The summed E-state index contributed by atoms with van der Waals surface area (Å²) >= 11 is 0. The molecule has 0 unspecified atom stereocenters. The van der Waals surface area contributed by atoms with Gasteiger partial charge in [-0.3, -0.25) is 0 Å². The van der Waals surface area contributed by atoms with Gasteiger partial charge in [-0.25, -0.2) is 5.90 Å². The number of benzene rings is 1. The second-order valence-corrected chi connectivity index (χ2v) is 5.50. The van der Waals surface area contributed by atoms with E-state index < -0.39 is 0 Å². The Kier molecular flexibility index (Phi) is 4.97. The predicted octanol–water partition coefficient (Wildman–Crippen LogP) is 2.72. The van der Waals surface area contributed by atoms with Gasteiger partial charge in [0.25, 0.3) is 0 Å². The van der Waals surface area contributed by atoms with Gasteiger partial charge in [0.2, 0.25) is 0 Å². The first kappa shape index (κ1) is 14.0.